The molecule has 0 atom stereocenters. The largest absolute Gasteiger partial charge is 0.351 e. The van der Waals surface area contributed by atoms with Crippen LogP contribution in [0.2, 0.25) is 0 Å². The second kappa shape index (κ2) is 6.09. The molecule has 0 saturated heterocycles. The standard InChI is InChI=1S/C7H11NO2/c1-2-3-4-5-7(9)10-6-8/h2-5H2,1H3. The van der Waals surface area contributed by atoms with Crippen LogP contribution in [0.1, 0.15) is 32.6 Å². The smallest absolute Gasteiger partial charge is 0.321 e. The van der Waals surface area contributed by atoms with E-state index >= 15 is 0 Å². The van der Waals surface area contributed by atoms with E-state index in [-0.39, 0.29) is 0 Å². The van der Waals surface area contributed by atoms with Crippen molar-refractivity contribution in [3.8, 4) is 6.26 Å². The van der Waals surface area contributed by atoms with Crippen molar-refractivity contribution in [1.82, 2.24) is 0 Å². The zero-order valence-electron chi connectivity index (χ0n) is 6.09. The van der Waals surface area contributed by atoms with Crippen molar-refractivity contribution >= 4 is 5.97 Å². The Hall–Kier alpha value is -1.04. The Labute approximate surface area is 60.6 Å². The van der Waals surface area contributed by atoms with Gasteiger partial charge in [-0.3, -0.25) is 4.79 Å². The van der Waals surface area contributed by atoms with Crippen LogP contribution in [-0.2, 0) is 9.53 Å². The number of hydrogen-bond donors (Lipinski definition) is 0. The second-order valence-corrected chi connectivity index (χ2v) is 2.02. The number of hydrogen-bond acceptors (Lipinski definition) is 3. The van der Waals surface area contributed by atoms with Crippen LogP contribution in [0, 0.1) is 11.5 Å². The Morgan fingerprint density at radius 1 is 1.60 bits per heavy atom. The highest BCUT2D eigenvalue weighted by Gasteiger charge is 1.99. The van der Waals surface area contributed by atoms with Gasteiger partial charge in [0, 0.05) is 6.42 Å². The molecule has 3 nitrogen and oxygen atoms in total. The zero-order chi connectivity index (χ0) is 7.82. The summed E-state index contributed by atoms with van der Waals surface area (Å²) in [6, 6.07) is 0. The molecular formula is C7H11NO2. The van der Waals surface area contributed by atoms with Gasteiger partial charge in [-0.05, 0) is 6.42 Å². The van der Waals surface area contributed by atoms with E-state index < -0.39 is 5.97 Å². The molecule has 0 spiro atoms. The van der Waals surface area contributed by atoms with E-state index in [1.807, 2.05) is 0 Å². The third kappa shape index (κ3) is 5.10. The normalized spacial score (nSPS) is 8.40. The lowest BCUT2D eigenvalue weighted by Crippen LogP contribution is -1.98. The summed E-state index contributed by atoms with van der Waals surface area (Å²) >= 11 is 0. The molecule has 0 aromatic carbocycles. The number of esters is 1. The predicted octanol–water partition coefficient (Wildman–Crippen LogP) is 1.59. The third-order valence-electron chi connectivity index (χ3n) is 1.14. The van der Waals surface area contributed by atoms with Crippen LogP contribution in [0.15, 0.2) is 0 Å². The molecule has 0 aromatic heterocycles. The molecule has 0 aliphatic heterocycles. The number of nitrogens with zero attached hydrogens (tertiary/aromatic N) is 1. The van der Waals surface area contributed by atoms with E-state index in [0.717, 1.165) is 19.3 Å². The average molecular weight is 141 g/mol. The van der Waals surface area contributed by atoms with Crippen LogP contribution in [0.25, 0.3) is 0 Å². The SMILES string of the molecule is CCCCCC(=O)OC#N. The van der Waals surface area contributed by atoms with Crippen molar-refractivity contribution in [3.05, 3.63) is 0 Å². The summed E-state index contributed by atoms with van der Waals surface area (Å²) in [6.07, 6.45) is 4.61. The van der Waals surface area contributed by atoms with E-state index in [1.54, 1.807) is 0 Å². The molecule has 10 heavy (non-hydrogen) atoms. The van der Waals surface area contributed by atoms with Crippen molar-refractivity contribution in [1.29, 1.82) is 5.26 Å². The summed E-state index contributed by atoms with van der Waals surface area (Å²) in [5.41, 5.74) is 0. The number of nitriles is 1. The molecule has 0 aromatic rings. The van der Waals surface area contributed by atoms with Crippen molar-refractivity contribution in [3.63, 3.8) is 0 Å². The second-order valence-electron chi connectivity index (χ2n) is 2.02. The Bertz CT molecular complexity index is 137. The molecule has 0 radical (unpaired) electrons. The summed E-state index contributed by atoms with van der Waals surface area (Å²) in [5.74, 6) is -0.420. The van der Waals surface area contributed by atoms with Gasteiger partial charge < -0.3 is 4.74 Å². The monoisotopic (exact) mass is 141 g/mol. The highest BCUT2D eigenvalue weighted by atomic mass is 16.5. The highest BCUT2D eigenvalue weighted by Crippen LogP contribution is 1.99. The Balaban J connectivity index is 3.15. The van der Waals surface area contributed by atoms with Gasteiger partial charge in [0.25, 0.3) is 6.26 Å². The van der Waals surface area contributed by atoms with Gasteiger partial charge in [0.05, 0.1) is 0 Å². The van der Waals surface area contributed by atoms with E-state index in [2.05, 4.69) is 11.7 Å². The van der Waals surface area contributed by atoms with Crippen LogP contribution >= 0.6 is 0 Å². The molecule has 56 valence electrons. The molecule has 0 fully saturated rings. The summed E-state index contributed by atoms with van der Waals surface area (Å²) < 4.78 is 4.06. The molecule has 0 rings (SSSR count). The number of ether oxygens (including phenoxy) is 1. The van der Waals surface area contributed by atoms with Crippen molar-refractivity contribution in [2.24, 2.45) is 0 Å². The Morgan fingerprint density at radius 3 is 2.80 bits per heavy atom. The molecule has 0 heterocycles. The lowest BCUT2D eigenvalue weighted by atomic mass is 10.2. The van der Waals surface area contributed by atoms with Gasteiger partial charge in [0.2, 0.25) is 0 Å². The van der Waals surface area contributed by atoms with Crippen LogP contribution in [-0.4, -0.2) is 5.97 Å². The first-order chi connectivity index (χ1) is 4.81. The summed E-state index contributed by atoms with van der Waals surface area (Å²) in [5, 5.41) is 7.90. The lowest BCUT2D eigenvalue weighted by molar-refractivity contribution is -0.137. The minimum Gasteiger partial charge on any atom is -0.351 e. The fourth-order valence-corrected chi connectivity index (χ4v) is 0.621. The van der Waals surface area contributed by atoms with Crippen LogP contribution in [0.5, 0.6) is 0 Å². The molecule has 0 unspecified atom stereocenters. The van der Waals surface area contributed by atoms with Crippen LogP contribution in [0.4, 0.5) is 0 Å². The van der Waals surface area contributed by atoms with Gasteiger partial charge in [-0.25, -0.2) is 0 Å². The van der Waals surface area contributed by atoms with Gasteiger partial charge in [0.1, 0.15) is 0 Å². The fourth-order valence-electron chi connectivity index (χ4n) is 0.621. The fraction of sp³-hybridized carbons (Fsp3) is 0.714. The van der Waals surface area contributed by atoms with Gasteiger partial charge in [-0.15, -0.1) is 5.26 Å². The molecule has 0 amide bonds. The van der Waals surface area contributed by atoms with Crippen molar-refractivity contribution in [2.75, 3.05) is 0 Å². The molecule has 0 bridgehead atoms. The first-order valence-electron chi connectivity index (χ1n) is 3.40. The van der Waals surface area contributed by atoms with Crippen molar-refractivity contribution < 1.29 is 9.53 Å². The lowest BCUT2D eigenvalue weighted by Gasteiger charge is -1.93. The Morgan fingerprint density at radius 2 is 2.30 bits per heavy atom. The van der Waals surface area contributed by atoms with Gasteiger partial charge in [-0.1, -0.05) is 19.8 Å². The number of carbonyl (C=O) groups is 1. The first-order valence-corrected chi connectivity index (χ1v) is 3.40. The molecule has 0 N–H and O–H groups in total. The number of rotatable bonds is 4. The molecule has 0 aliphatic carbocycles. The van der Waals surface area contributed by atoms with Gasteiger partial charge in [0.15, 0.2) is 0 Å². The maximum Gasteiger partial charge on any atom is 0.321 e. The van der Waals surface area contributed by atoms with E-state index in [4.69, 9.17) is 5.26 Å². The number of unbranched alkanes of at least 4 members (excludes halogenated alkanes) is 2. The number of carbonyl (C=O) groups excluding carboxylic acids is 1. The van der Waals surface area contributed by atoms with Crippen molar-refractivity contribution in [2.45, 2.75) is 32.6 Å². The molecule has 3 heteroatoms. The Kier molecular flexibility index (Phi) is 5.45. The topological polar surface area (TPSA) is 50.1 Å². The van der Waals surface area contributed by atoms with Gasteiger partial charge in [-0.2, -0.15) is 0 Å². The molecule has 0 saturated carbocycles. The van der Waals surface area contributed by atoms with Gasteiger partial charge >= 0.3 is 5.97 Å². The molecule has 0 aliphatic rings. The predicted molar refractivity (Wildman–Crippen MR) is 35.8 cm³/mol. The summed E-state index contributed by atoms with van der Waals surface area (Å²) in [7, 11) is 0. The first kappa shape index (κ1) is 8.96. The van der Waals surface area contributed by atoms with E-state index in [9.17, 15) is 4.79 Å². The maximum absolute atomic E-state index is 10.5. The molecular weight excluding hydrogens is 130 g/mol. The quantitative estimate of drug-likeness (QED) is 0.339. The third-order valence-corrected chi connectivity index (χ3v) is 1.14. The zero-order valence-corrected chi connectivity index (χ0v) is 6.09. The summed E-state index contributed by atoms with van der Waals surface area (Å²) in [4.78, 5) is 10.5. The average Bonchev–Trinajstić information content (AvgIpc) is 1.89. The van der Waals surface area contributed by atoms with Crippen LogP contribution in [0.3, 0.4) is 0 Å². The maximum atomic E-state index is 10.5. The van der Waals surface area contributed by atoms with Crippen LogP contribution < -0.4 is 0 Å². The van der Waals surface area contributed by atoms with E-state index in [0.29, 0.717) is 6.42 Å². The summed E-state index contributed by atoms with van der Waals surface area (Å²) in [6.45, 7) is 2.05. The minimum absolute atomic E-state index is 0.363. The minimum atomic E-state index is -0.420. The highest BCUT2D eigenvalue weighted by molar-refractivity contribution is 5.70. The van der Waals surface area contributed by atoms with E-state index in [1.165, 1.54) is 6.26 Å².